The Morgan fingerprint density at radius 3 is 2.52 bits per heavy atom. The van der Waals surface area contributed by atoms with Crippen LogP contribution in [-0.2, 0) is 24.5 Å². The molecule has 1 saturated heterocycles. The third-order valence-electron chi connectivity index (χ3n) is 7.45. The van der Waals surface area contributed by atoms with Gasteiger partial charge in [-0.15, -0.1) is 10.8 Å². The predicted molar refractivity (Wildman–Crippen MR) is 166 cm³/mol. The van der Waals surface area contributed by atoms with E-state index in [9.17, 15) is 9.00 Å². The van der Waals surface area contributed by atoms with Gasteiger partial charge in [-0.05, 0) is 48.5 Å². The average molecular weight is 602 g/mol. The van der Waals surface area contributed by atoms with E-state index in [1.54, 1.807) is 42.5 Å². The zero-order valence-corrected chi connectivity index (χ0v) is 24.4. The number of nitrogens with one attached hydrogen (secondary N) is 1. The number of anilines is 2. The van der Waals surface area contributed by atoms with E-state index < -0.39 is 21.6 Å². The zero-order chi connectivity index (χ0) is 29.1. The molecule has 1 amide bonds. The van der Waals surface area contributed by atoms with E-state index in [2.05, 4.69) is 16.8 Å². The number of amides is 1. The number of rotatable bonds is 8. The summed E-state index contributed by atoms with van der Waals surface area (Å²) in [4.78, 5) is 25.1. The van der Waals surface area contributed by atoms with E-state index in [-0.39, 0.29) is 6.04 Å². The van der Waals surface area contributed by atoms with Crippen LogP contribution in [0.5, 0.6) is 5.75 Å². The van der Waals surface area contributed by atoms with Crippen molar-refractivity contribution in [2.45, 2.75) is 28.5 Å². The molecule has 1 aliphatic carbocycles. The Balaban J connectivity index is 1.33. The molecule has 6 rings (SSSR count). The second-order valence-electron chi connectivity index (χ2n) is 10.2. The highest BCUT2D eigenvalue weighted by molar-refractivity contribution is 7.86. The number of hydrogen-bond donors (Lipinski definition) is 1. The van der Waals surface area contributed by atoms with E-state index in [1.165, 1.54) is 0 Å². The van der Waals surface area contributed by atoms with Crippen LogP contribution < -0.4 is 15.0 Å². The Labute approximate surface area is 251 Å². The van der Waals surface area contributed by atoms with Crippen molar-refractivity contribution in [2.75, 3.05) is 30.0 Å². The Kier molecular flexibility index (Phi) is 8.06. The minimum atomic E-state index is -1.86. The van der Waals surface area contributed by atoms with Crippen LogP contribution in [0.2, 0.25) is 5.02 Å². The van der Waals surface area contributed by atoms with E-state index in [1.807, 2.05) is 48.5 Å². The van der Waals surface area contributed by atoms with Gasteiger partial charge in [0.15, 0.2) is 15.5 Å². The summed E-state index contributed by atoms with van der Waals surface area (Å²) in [6.07, 6.45) is 2.75. The molecule has 2 atom stereocenters. The molecule has 1 N–H and O–H groups in total. The molecule has 2 fully saturated rings. The van der Waals surface area contributed by atoms with Crippen molar-refractivity contribution in [2.24, 2.45) is 0 Å². The number of thiol groups is 1. The molecule has 0 bridgehead atoms. The number of ether oxygens (including phenoxy) is 2. The smallest absolute Gasteiger partial charge is 0.410 e. The maximum atomic E-state index is 14.0. The maximum Gasteiger partial charge on any atom is 0.417 e. The molecule has 10 heteroatoms. The van der Waals surface area contributed by atoms with Crippen molar-refractivity contribution in [3.05, 3.63) is 108 Å². The van der Waals surface area contributed by atoms with Gasteiger partial charge in [-0.1, -0.05) is 48.0 Å². The van der Waals surface area contributed by atoms with Crippen LogP contribution in [0.15, 0.2) is 102 Å². The summed E-state index contributed by atoms with van der Waals surface area (Å²) in [5, 5.41) is 3.24. The molecule has 1 unspecified atom stereocenters. The summed E-state index contributed by atoms with van der Waals surface area (Å²) in [7, 11) is -1.86. The van der Waals surface area contributed by atoms with E-state index in [4.69, 9.17) is 31.0 Å². The molecule has 1 saturated carbocycles. The number of aromatic nitrogens is 2. The largest absolute Gasteiger partial charge is 0.417 e. The van der Waals surface area contributed by atoms with Gasteiger partial charge in [0.2, 0.25) is 0 Å². The maximum absolute atomic E-state index is 14.0. The lowest BCUT2D eigenvalue weighted by Gasteiger charge is -2.35. The quantitative estimate of drug-likeness (QED) is 0.139. The lowest BCUT2D eigenvalue weighted by atomic mass is 10.1. The van der Waals surface area contributed by atoms with Crippen molar-refractivity contribution >= 4 is 40.0 Å². The fourth-order valence-corrected chi connectivity index (χ4v) is 7.18. The number of morpholine rings is 1. The van der Waals surface area contributed by atoms with Crippen molar-refractivity contribution in [3.63, 3.8) is 0 Å². The monoisotopic (exact) mass is 601 g/mol. The summed E-state index contributed by atoms with van der Waals surface area (Å²) >= 11 is 6.47. The minimum absolute atomic E-state index is 0.0518. The molecule has 0 spiro atoms. The van der Waals surface area contributed by atoms with Gasteiger partial charge in [-0.25, -0.2) is 14.8 Å². The third kappa shape index (κ3) is 5.81. The van der Waals surface area contributed by atoms with Crippen LogP contribution in [0.4, 0.5) is 16.3 Å². The van der Waals surface area contributed by atoms with Crippen LogP contribution in [0.1, 0.15) is 18.5 Å². The molecule has 4 aromatic rings. The normalized spacial score (nSPS) is 18.1. The lowest BCUT2D eigenvalue weighted by Crippen LogP contribution is -2.45. The van der Waals surface area contributed by atoms with Crippen molar-refractivity contribution in [3.8, 4) is 17.1 Å². The van der Waals surface area contributed by atoms with Crippen LogP contribution in [-0.4, -0.2) is 41.9 Å². The van der Waals surface area contributed by atoms with Crippen molar-refractivity contribution in [1.29, 1.82) is 0 Å². The molecule has 3 aromatic carbocycles. The molecular formula is C32H30ClN4O4S+. The first-order valence-corrected chi connectivity index (χ1v) is 15.3. The number of carbonyl (C=O) groups excluding carboxylic acids is 1. The van der Waals surface area contributed by atoms with E-state index in [0.29, 0.717) is 46.9 Å². The Bertz CT molecular complexity index is 1630. The van der Waals surface area contributed by atoms with Gasteiger partial charge in [-0.3, -0.25) is 5.32 Å². The highest BCUT2D eigenvalue weighted by atomic mass is 35.5. The minimum Gasteiger partial charge on any atom is -0.410 e. The summed E-state index contributed by atoms with van der Waals surface area (Å²) in [5.41, 5.74) is 2.05. The molecule has 2 aliphatic rings. The summed E-state index contributed by atoms with van der Waals surface area (Å²) in [6, 6.07) is 25.3. The Morgan fingerprint density at radius 2 is 1.81 bits per heavy atom. The van der Waals surface area contributed by atoms with Gasteiger partial charge in [-0.2, -0.15) is 0 Å². The fourth-order valence-electron chi connectivity index (χ4n) is 5.02. The van der Waals surface area contributed by atoms with Crippen molar-refractivity contribution < 1.29 is 18.5 Å². The van der Waals surface area contributed by atoms with E-state index in [0.717, 1.165) is 29.9 Å². The van der Waals surface area contributed by atoms with Crippen LogP contribution in [0, 0.1) is 0 Å². The highest BCUT2D eigenvalue weighted by Crippen LogP contribution is 2.54. The highest BCUT2D eigenvalue weighted by Gasteiger charge is 2.58. The summed E-state index contributed by atoms with van der Waals surface area (Å²) in [5.74, 6) is 1.68. The number of carbonyl (C=O) groups is 1. The van der Waals surface area contributed by atoms with Crippen molar-refractivity contribution in [1.82, 2.24) is 9.97 Å². The van der Waals surface area contributed by atoms with E-state index >= 15 is 0 Å². The van der Waals surface area contributed by atoms with Gasteiger partial charge < -0.3 is 14.4 Å². The molecule has 1 aliphatic heterocycles. The van der Waals surface area contributed by atoms with Gasteiger partial charge in [0.05, 0.1) is 24.3 Å². The van der Waals surface area contributed by atoms with Gasteiger partial charge in [0.1, 0.15) is 28.1 Å². The standard InChI is InChI=1S/C32H29ClN4O4S/c1-2-24-21-40-19-18-37(24)29-20-28(32(16-17-32)42(39)27-11-7-6-10-26(27)33)35-30(36-29)22-12-14-23(15-13-22)34-31(38)41-25-8-4-3-5-9-25/h2-15,20,24H,1,16-19,21H2,(H,34,38)/p+1/t24-,42?/m0/s1. The van der Waals surface area contributed by atoms with Crippen LogP contribution in [0.3, 0.4) is 0 Å². The Morgan fingerprint density at radius 1 is 1.07 bits per heavy atom. The molecule has 42 heavy (non-hydrogen) atoms. The van der Waals surface area contributed by atoms with Crippen LogP contribution in [0.25, 0.3) is 11.4 Å². The third-order valence-corrected chi connectivity index (χ3v) is 10.2. The molecule has 8 nitrogen and oxygen atoms in total. The first-order chi connectivity index (χ1) is 20.5. The topological polar surface area (TPSA) is 93.7 Å². The second kappa shape index (κ2) is 12.1. The number of nitrogens with zero attached hydrogens (tertiary/aromatic N) is 3. The molecule has 0 radical (unpaired) electrons. The predicted octanol–water partition coefficient (Wildman–Crippen LogP) is 6.54. The average Bonchev–Trinajstić information content (AvgIpc) is 3.84. The fraction of sp³-hybridized carbons (Fsp3) is 0.219. The summed E-state index contributed by atoms with van der Waals surface area (Å²) < 4.78 is 24.4. The van der Waals surface area contributed by atoms with Gasteiger partial charge >= 0.3 is 6.09 Å². The number of benzene rings is 3. The lowest BCUT2D eigenvalue weighted by molar-refractivity contribution is 0.105. The molecule has 214 valence electrons. The molecule has 1 aromatic heterocycles. The van der Waals surface area contributed by atoms with Crippen LogP contribution >= 0.6 is 11.6 Å². The first kappa shape index (κ1) is 28.1. The van der Waals surface area contributed by atoms with Gasteiger partial charge in [0, 0.05) is 36.7 Å². The zero-order valence-electron chi connectivity index (χ0n) is 22.8. The number of hydrogen-bond acceptors (Lipinski definition) is 7. The number of para-hydroxylation sites is 1. The SMILES string of the molecule is C=C[C@H]1COCCN1c1cc(C2([SH+](=O)c3ccccc3Cl)CC2)nc(-c2ccc(NC(=O)Oc3ccccc3)cc2)n1. The number of halogens is 1. The molecule has 2 heterocycles. The first-order valence-electron chi connectivity index (χ1n) is 13.7. The molecular weight excluding hydrogens is 572 g/mol. The second-order valence-corrected chi connectivity index (χ2v) is 12.5. The Hall–Kier alpha value is -4.05. The van der Waals surface area contributed by atoms with Gasteiger partial charge in [0.25, 0.3) is 0 Å². The summed E-state index contributed by atoms with van der Waals surface area (Å²) in [6.45, 7) is 5.71.